The van der Waals surface area contributed by atoms with Gasteiger partial charge in [0.05, 0.1) is 11.3 Å². The van der Waals surface area contributed by atoms with E-state index in [-0.39, 0.29) is 17.9 Å². The Morgan fingerprint density at radius 2 is 2.15 bits per heavy atom. The van der Waals surface area contributed by atoms with Crippen molar-refractivity contribution in [3.8, 4) is 0 Å². The molecule has 2 bridgehead atoms. The van der Waals surface area contributed by atoms with Crippen LogP contribution < -0.4 is 0 Å². The van der Waals surface area contributed by atoms with Crippen molar-refractivity contribution in [2.75, 3.05) is 0 Å². The molecular weight excluding hydrogens is 168 g/mol. The van der Waals surface area contributed by atoms with Gasteiger partial charge in [0.15, 0.2) is 0 Å². The van der Waals surface area contributed by atoms with E-state index in [1.807, 2.05) is 6.92 Å². The van der Waals surface area contributed by atoms with Gasteiger partial charge in [0.2, 0.25) is 0 Å². The Labute approximate surface area is 76.4 Å². The lowest BCUT2D eigenvalue weighted by Crippen LogP contribution is -2.36. The van der Waals surface area contributed by atoms with Gasteiger partial charge in [-0.05, 0) is 38.0 Å². The molecule has 0 aromatic carbocycles. The molecule has 3 nitrogen and oxygen atoms in total. The van der Waals surface area contributed by atoms with Crippen LogP contribution in [-0.4, -0.2) is 11.9 Å². The molecule has 0 spiro atoms. The highest BCUT2D eigenvalue weighted by molar-refractivity contribution is 6.00. The van der Waals surface area contributed by atoms with Crippen molar-refractivity contribution in [3.63, 3.8) is 0 Å². The zero-order valence-electron chi connectivity index (χ0n) is 7.58. The Kier molecular flexibility index (Phi) is 1.14. The van der Waals surface area contributed by atoms with Gasteiger partial charge in [-0.15, -0.1) is 0 Å². The third-order valence-electron chi connectivity index (χ3n) is 4.33. The maximum Gasteiger partial charge on any atom is 0.320 e. The Balaban J connectivity index is 2.12. The van der Waals surface area contributed by atoms with Crippen LogP contribution in [0.15, 0.2) is 0 Å². The van der Waals surface area contributed by atoms with Gasteiger partial charge in [0, 0.05) is 0 Å². The lowest BCUT2D eigenvalue weighted by molar-refractivity contribution is -0.156. The molecule has 1 aliphatic heterocycles. The summed E-state index contributed by atoms with van der Waals surface area (Å²) in [6, 6.07) is 0. The maximum absolute atomic E-state index is 11.5. The van der Waals surface area contributed by atoms with Gasteiger partial charge in [0.25, 0.3) is 0 Å². The van der Waals surface area contributed by atoms with Crippen LogP contribution in [0.4, 0.5) is 0 Å². The Morgan fingerprint density at radius 1 is 1.38 bits per heavy atom. The van der Waals surface area contributed by atoms with Crippen molar-refractivity contribution in [1.29, 1.82) is 0 Å². The van der Waals surface area contributed by atoms with Gasteiger partial charge in [-0.3, -0.25) is 9.59 Å². The number of cyclic esters (lactones) is 2. The van der Waals surface area contributed by atoms with Crippen molar-refractivity contribution in [2.24, 2.45) is 23.2 Å². The fourth-order valence-corrected chi connectivity index (χ4v) is 3.60. The summed E-state index contributed by atoms with van der Waals surface area (Å²) in [7, 11) is 0. The molecule has 0 N–H and O–H groups in total. The average Bonchev–Trinajstić information content (AvgIpc) is 2.66. The number of rotatable bonds is 0. The molecule has 0 unspecified atom stereocenters. The molecule has 3 rings (SSSR count). The molecule has 1 saturated heterocycles. The number of ether oxygens (including phenoxy) is 1. The van der Waals surface area contributed by atoms with Crippen LogP contribution in [-0.2, 0) is 14.3 Å². The number of carbonyl (C=O) groups excluding carboxylic acids is 2. The van der Waals surface area contributed by atoms with Crippen molar-refractivity contribution in [3.05, 3.63) is 0 Å². The van der Waals surface area contributed by atoms with Crippen molar-refractivity contribution < 1.29 is 14.3 Å². The van der Waals surface area contributed by atoms with Gasteiger partial charge >= 0.3 is 11.9 Å². The van der Waals surface area contributed by atoms with E-state index in [1.54, 1.807) is 0 Å². The van der Waals surface area contributed by atoms with Gasteiger partial charge in [-0.25, -0.2) is 0 Å². The molecule has 2 aliphatic carbocycles. The molecule has 2 saturated carbocycles. The second-order valence-corrected chi connectivity index (χ2v) is 4.74. The van der Waals surface area contributed by atoms with Crippen LogP contribution in [0.5, 0.6) is 0 Å². The Bertz CT molecular complexity index is 309. The average molecular weight is 180 g/mol. The normalized spacial score (nSPS) is 52.5. The van der Waals surface area contributed by atoms with Crippen molar-refractivity contribution >= 4 is 11.9 Å². The summed E-state index contributed by atoms with van der Waals surface area (Å²) in [5.41, 5.74) is -0.458. The first kappa shape index (κ1) is 7.54. The number of hydrogen-bond donors (Lipinski definition) is 0. The molecule has 1 heterocycles. The van der Waals surface area contributed by atoms with Crippen LogP contribution >= 0.6 is 0 Å². The monoisotopic (exact) mass is 180 g/mol. The first-order valence-electron chi connectivity index (χ1n) is 4.90. The van der Waals surface area contributed by atoms with Crippen LogP contribution in [0, 0.1) is 23.2 Å². The standard InChI is InChI=1S/C10H12O3/c1-10-6-3-2-5(4-6)7(10)8(11)13-9(10)12/h5-7H,2-4H2,1H3/t5-,6+,7-,10-/m0/s1. The van der Waals surface area contributed by atoms with Crippen LogP contribution in [0.2, 0.25) is 0 Å². The molecule has 0 aromatic rings. The third kappa shape index (κ3) is 0.640. The third-order valence-corrected chi connectivity index (χ3v) is 4.33. The van der Waals surface area contributed by atoms with Gasteiger partial charge in [-0.2, -0.15) is 0 Å². The summed E-state index contributed by atoms with van der Waals surface area (Å²) >= 11 is 0. The first-order chi connectivity index (χ1) is 6.14. The first-order valence-corrected chi connectivity index (χ1v) is 4.90. The minimum Gasteiger partial charge on any atom is -0.392 e. The molecule has 0 radical (unpaired) electrons. The summed E-state index contributed by atoms with van der Waals surface area (Å²) in [6.45, 7) is 1.91. The second kappa shape index (κ2) is 1.97. The van der Waals surface area contributed by atoms with Crippen molar-refractivity contribution in [2.45, 2.75) is 26.2 Å². The number of hydrogen-bond acceptors (Lipinski definition) is 3. The lowest BCUT2D eigenvalue weighted by atomic mass is 9.69. The molecule has 0 amide bonds. The fourth-order valence-electron chi connectivity index (χ4n) is 3.60. The van der Waals surface area contributed by atoms with Gasteiger partial charge in [-0.1, -0.05) is 0 Å². The SMILES string of the molecule is C[C@@]12C(=O)OC(=O)[C@@H]1[C@H]1CC[C@@H]2C1. The molecule has 0 aromatic heterocycles. The number of carbonyl (C=O) groups is 2. The van der Waals surface area contributed by atoms with Gasteiger partial charge < -0.3 is 4.74 Å². The van der Waals surface area contributed by atoms with Crippen molar-refractivity contribution in [1.82, 2.24) is 0 Å². The van der Waals surface area contributed by atoms with E-state index in [1.165, 1.54) is 0 Å². The van der Waals surface area contributed by atoms with E-state index in [9.17, 15) is 9.59 Å². The summed E-state index contributed by atoms with van der Waals surface area (Å²) in [4.78, 5) is 23.0. The molecule has 3 heteroatoms. The zero-order valence-corrected chi connectivity index (χ0v) is 7.58. The van der Waals surface area contributed by atoms with E-state index >= 15 is 0 Å². The second-order valence-electron chi connectivity index (χ2n) is 4.74. The predicted molar refractivity (Wildman–Crippen MR) is 43.5 cm³/mol. The fraction of sp³-hybridized carbons (Fsp3) is 0.800. The topological polar surface area (TPSA) is 43.4 Å². The van der Waals surface area contributed by atoms with Crippen LogP contribution in [0.3, 0.4) is 0 Å². The number of fused-ring (bicyclic) bond motifs is 5. The molecular formula is C10H12O3. The Hall–Kier alpha value is -0.860. The van der Waals surface area contributed by atoms with Crippen LogP contribution in [0.1, 0.15) is 26.2 Å². The lowest BCUT2D eigenvalue weighted by Gasteiger charge is -2.29. The Morgan fingerprint density at radius 3 is 2.85 bits per heavy atom. The highest BCUT2D eigenvalue weighted by atomic mass is 16.6. The predicted octanol–water partition coefficient (Wildman–Crippen LogP) is 1.12. The molecule has 70 valence electrons. The summed E-state index contributed by atoms with van der Waals surface area (Å²) < 4.78 is 4.73. The summed E-state index contributed by atoms with van der Waals surface area (Å²) in [5.74, 6) is 0.184. The quantitative estimate of drug-likeness (QED) is 0.414. The summed E-state index contributed by atoms with van der Waals surface area (Å²) in [5, 5.41) is 0. The highest BCUT2D eigenvalue weighted by Gasteiger charge is 2.67. The molecule has 3 fully saturated rings. The maximum atomic E-state index is 11.5. The molecule has 13 heavy (non-hydrogen) atoms. The minimum absolute atomic E-state index is 0.112. The van der Waals surface area contributed by atoms with E-state index in [0.29, 0.717) is 11.8 Å². The zero-order chi connectivity index (χ0) is 9.22. The van der Waals surface area contributed by atoms with E-state index in [0.717, 1.165) is 19.3 Å². The largest absolute Gasteiger partial charge is 0.392 e. The van der Waals surface area contributed by atoms with Crippen LogP contribution in [0.25, 0.3) is 0 Å². The molecule has 4 atom stereocenters. The minimum atomic E-state index is -0.458. The van der Waals surface area contributed by atoms with Gasteiger partial charge in [0.1, 0.15) is 0 Å². The smallest absolute Gasteiger partial charge is 0.320 e. The molecule has 3 aliphatic rings. The van der Waals surface area contributed by atoms with E-state index in [4.69, 9.17) is 4.74 Å². The highest BCUT2D eigenvalue weighted by Crippen LogP contribution is 2.62. The van der Waals surface area contributed by atoms with E-state index in [2.05, 4.69) is 0 Å². The van der Waals surface area contributed by atoms with E-state index < -0.39 is 5.41 Å². The summed E-state index contributed by atoms with van der Waals surface area (Å²) in [6.07, 6.45) is 3.26. The number of esters is 2.